The Morgan fingerprint density at radius 1 is 1.29 bits per heavy atom. The maximum atomic E-state index is 12.2. The number of benzene rings is 1. The van der Waals surface area contributed by atoms with Crippen LogP contribution in [0, 0.1) is 0 Å². The molecule has 21 heavy (non-hydrogen) atoms. The molecule has 0 bridgehead atoms. The minimum Gasteiger partial charge on any atom is -0.322 e. The zero-order valence-electron chi connectivity index (χ0n) is 12.0. The van der Waals surface area contributed by atoms with Crippen LogP contribution in [0.4, 0.5) is 5.69 Å². The second kappa shape index (κ2) is 7.68. The standard InChI is InChI=1S/C15H19Cl3N2O/c1-2-11-5-3-4-6-20(11)9-14(21)19-15-12(17)7-10(16)8-13(15)18/h7-8,11H,2-6,9H2,1H3,(H,19,21). The Kier molecular flexibility index (Phi) is 6.18. The number of nitrogens with zero attached hydrogens (tertiary/aromatic N) is 1. The maximum Gasteiger partial charge on any atom is 0.238 e. The highest BCUT2D eigenvalue weighted by Gasteiger charge is 2.23. The smallest absolute Gasteiger partial charge is 0.238 e. The van der Waals surface area contributed by atoms with E-state index in [0.29, 0.717) is 33.3 Å². The second-order valence-electron chi connectivity index (χ2n) is 5.32. The highest BCUT2D eigenvalue weighted by Crippen LogP contribution is 2.33. The van der Waals surface area contributed by atoms with E-state index in [1.54, 1.807) is 12.1 Å². The van der Waals surface area contributed by atoms with E-state index >= 15 is 0 Å². The minimum atomic E-state index is -0.0959. The van der Waals surface area contributed by atoms with Crippen LogP contribution in [0.25, 0.3) is 0 Å². The number of carbonyl (C=O) groups excluding carboxylic acids is 1. The number of halogens is 3. The number of amides is 1. The quantitative estimate of drug-likeness (QED) is 0.842. The lowest BCUT2D eigenvalue weighted by Crippen LogP contribution is -2.43. The van der Waals surface area contributed by atoms with E-state index in [2.05, 4.69) is 17.1 Å². The van der Waals surface area contributed by atoms with Gasteiger partial charge in [0.05, 0.1) is 22.3 Å². The van der Waals surface area contributed by atoms with Crippen LogP contribution in [0.2, 0.25) is 15.1 Å². The summed E-state index contributed by atoms with van der Waals surface area (Å²) < 4.78 is 0. The zero-order chi connectivity index (χ0) is 15.4. The first kappa shape index (κ1) is 16.9. The van der Waals surface area contributed by atoms with Crippen LogP contribution in [0.5, 0.6) is 0 Å². The van der Waals surface area contributed by atoms with Gasteiger partial charge in [-0.2, -0.15) is 0 Å². The zero-order valence-corrected chi connectivity index (χ0v) is 14.2. The first-order valence-corrected chi connectivity index (χ1v) is 8.33. The van der Waals surface area contributed by atoms with Gasteiger partial charge < -0.3 is 5.32 Å². The van der Waals surface area contributed by atoms with E-state index in [0.717, 1.165) is 25.8 Å². The molecular formula is C15H19Cl3N2O. The fraction of sp³-hybridized carbons (Fsp3) is 0.533. The van der Waals surface area contributed by atoms with Crippen molar-refractivity contribution >= 4 is 46.4 Å². The number of hydrogen-bond donors (Lipinski definition) is 1. The number of likely N-dealkylation sites (tertiary alicyclic amines) is 1. The minimum absolute atomic E-state index is 0.0959. The van der Waals surface area contributed by atoms with Gasteiger partial charge in [-0.15, -0.1) is 0 Å². The lowest BCUT2D eigenvalue weighted by molar-refractivity contribution is -0.118. The lowest BCUT2D eigenvalue weighted by Gasteiger charge is -2.34. The van der Waals surface area contributed by atoms with Gasteiger partial charge in [0.25, 0.3) is 0 Å². The molecule has 1 atom stereocenters. The maximum absolute atomic E-state index is 12.2. The van der Waals surface area contributed by atoms with Crippen LogP contribution < -0.4 is 5.32 Å². The summed E-state index contributed by atoms with van der Waals surface area (Å²) in [4.78, 5) is 14.5. The molecule has 1 amide bonds. The van der Waals surface area contributed by atoms with Gasteiger partial charge in [0.2, 0.25) is 5.91 Å². The molecule has 1 aromatic carbocycles. The molecule has 1 unspecified atom stereocenters. The van der Waals surface area contributed by atoms with E-state index in [1.807, 2.05) is 0 Å². The van der Waals surface area contributed by atoms with Crippen LogP contribution in [0.15, 0.2) is 12.1 Å². The fourth-order valence-corrected chi connectivity index (χ4v) is 3.67. The number of anilines is 1. The Hall–Kier alpha value is -0.480. The van der Waals surface area contributed by atoms with Crippen molar-refractivity contribution in [2.75, 3.05) is 18.4 Å². The number of rotatable bonds is 4. The third kappa shape index (κ3) is 4.49. The fourth-order valence-electron chi connectivity index (χ4n) is 2.76. The van der Waals surface area contributed by atoms with E-state index in [9.17, 15) is 4.79 Å². The van der Waals surface area contributed by atoms with E-state index < -0.39 is 0 Å². The Morgan fingerprint density at radius 2 is 1.95 bits per heavy atom. The molecule has 6 heteroatoms. The number of carbonyl (C=O) groups is 1. The normalized spacial score (nSPS) is 19.5. The lowest BCUT2D eigenvalue weighted by atomic mass is 10.00. The first-order chi connectivity index (χ1) is 10.0. The highest BCUT2D eigenvalue weighted by molar-refractivity contribution is 6.42. The van der Waals surface area contributed by atoms with Gasteiger partial charge in [-0.25, -0.2) is 0 Å². The predicted octanol–water partition coefficient (Wildman–Crippen LogP) is 4.85. The van der Waals surface area contributed by atoms with Gasteiger partial charge >= 0.3 is 0 Å². The van der Waals surface area contributed by atoms with Gasteiger partial charge in [-0.3, -0.25) is 9.69 Å². The van der Waals surface area contributed by atoms with Crippen molar-refractivity contribution in [3.8, 4) is 0 Å². The summed E-state index contributed by atoms with van der Waals surface area (Å²) in [5.41, 5.74) is 0.429. The van der Waals surface area contributed by atoms with Crippen LogP contribution in [-0.2, 0) is 4.79 Å². The van der Waals surface area contributed by atoms with Crippen LogP contribution in [0.3, 0.4) is 0 Å². The highest BCUT2D eigenvalue weighted by atomic mass is 35.5. The van der Waals surface area contributed by atoms with Gasteiger partial charge in [0, 0.05) is 11.1 Å². The third-order valence-corrected chi connectivity index (χ3v) is 4.65. The Bertz CT molecular complexity index is 499. The topological polar surface area (TPSA) is 32.3 Å². The molecule has 1 aliphatic heterocycles. The number of piperidine rings is 1. The SMILES string of the molecule is CCC1CCCCN1CC(=O)Nc1c(Cl)cc(Cl)cc1Cl. The summed E-state index contributed by atoms with van der Waals surface area (Å²) in [7, 11) is 0. The van der Waals surface area contributed by atoms with E-state index in [1.165, 1.54) is 6.42 Å². The average Bonchev–Trinajstić information content (AvgIpc) is 2.43. The summed E-state index contributed by atoms with van der Waals surface area (Å²) in [5.74, 6) is -0.0959. The molecule has 0 saturated carbocycles. The number of hydrogen-bond acceptors (Lipinski definition) is 2. The van der Waals surface area contributed by atoms with Gasteiger partial charge in [-0.05, 0) is 37.9 Å². The molecular weight excluding hydrogens is 331 g/mol. The summed E-state index contributed by atoms with van der Waals surface area (Å²) in [6.45, 7) is 3.50. The van der Waals surface area contributed by atoms with Crippen molar-refractivity contribution in [3.05, 3.63) is 27.2 Å². The summed E-state index contributed by atoms with van der Waals surface area (Å²) >= 11 is 18.0. The second-order valence-corrected chi connectivity index (χ2v) is 6.57. The molecule has 1 saturated heterocycles. The van der Waals surface area contributed by atoms with Crippen LogP contribution >= 0.6 is 34.8 Å². The molecule has 0 radical (unpaired) electrons. The van der Waals surface area contributed by atoms with Crippen molar-refractivity contribution in [1.29, 1.82) is 0 Å². The van der Waals surface area contributed by atoms with Crippen molar-refractivity contribution in [3.63, 3.8) is 0 Å². The monoisotopic (exact) mass is 348 g/mol. The van der Waals surface area contributed by atoms with E-state index in [4.69, 9.17) is 34.8 Å². The van der Waals surface area contributed by atoms with Gasteiger partial charge in [-0.1, -0.05) is 48.1 Å². The Balaban J connectivity index is 2.01. The van der Waals surface area contributed by atoms with Gasteiger partial charge in [0.1, 0.15) is 0 Å². The average molecular weight is 350 g/mol. The Morgan fingerprint density at radius 3 is 2.57 bits per heavy atom. The van der Waals surface area contributed by atoms with Crippen molar-refractivity contribution in [1.82, 2.24) is 4.90 Å². The molecule has 2 rings (SSSR count). The molecule has 0 aliphatic carbocycles. The summed E-state index contributed by atoms with van der Waals surface area (Å²) in [5, 5.41) is 3.95. The summed E-state index contributed by atoms with van der Waals surface area (Å²) in [6, 6.07) is 3.63. The molecule has 0 aromatic heterocycles. The molecule has 1 aliphatic rings. The van der Waals surface area contributed by atoms with Crippen molar-refractivity contribution in [2.45, 2.75) is 38.6 Å². The van der Waals surface area contributed by atoms with Crippen LogP contribution in [-0.4, -0.2) is 29.9 Å². The molecule has 3 nitrogen and oxygen atoms in total. The van der Waals surface area contributed by atoms with Gasteiger partial charge in [0.15, 0.2) is 0 Å². The first-order valence-electron chi connectivity index (χ1n) is 7.19. The van der Waals surface area contributed by atoms with E-state index in [-0.39, 0.29) is 5.91 Å². The molecule has 1 aromatic rings. The molecule has 1 heterocycles. The molecule has 0 spiro atoms. The van der Waals surface area contributed by atoms with Crippen molar-refractivity contribution in [2.24, 2.45) is 0 Å². The Labute approximate surface area is 140 Å². The molecule has 1 N–H and O–H groups in total. The largest absolute Gasteiger partial charge is 0.322 e. The predicted molar refractivity (Wildman–Crippen MR) is 89.6 cm³/mol. The number of nitrogens with one attached hydrogen (secondary N) is 1. The third-order valence-electron chi connectivity index (χ3n) is 3.84. The summed E-state index contributed by atoms with van der Waals surface area (Å²) in [6.07, 6.45) is 4.61. The molecule has 116 valence electrons. The molecule has 1 fully saturated rings. The van der Waals surface area contributed by atoms with Crippen molar-refractivity contribution < 1.29 is 4.79 Å². The van der Waals surface area contributed by atoms with Crippen LogP contribution in [0.1, 0.15) is 32.6 Å².